The molecule has 0 fully saturated rings. The zero-order valence-electron chi connectivity index (χ0n) is 13.9. The summed E-state index contributed by atoms with van der Waals surface area (Å²) in [6.45, 7) is 0.323. The van der Waals surface area contributed by atoms with Crippen LogP contribution in [0.15, 0.2) is 54.6 Å². The zero-order valence-corrected chi connectivity index (χ0v) is 14.7. The van der Waals surface area contributed by atoms with Gasteiger partial charge in [-0.15, -0.1) is 11.8 Å². The minimum absolute atomic E-state index is 0.0670. The molecule has 26 heavy (non-hydrogen) atoms. The van der Waals surface area contributed by atoms with E-state index in [1.54, 1.807) is 12.1 Å². The second-order valence-corrected chi connectivity index (χ2v) is 7.08. The lowest BCUT2D eigenvalue weighted by atomic mass is 10.1. The summed E-state index contributed by atoms with van der Waals surface area (Å²) in [6.07, 6.45) is 0. The molecule has 3 rings (SSSR count). The normalized spacial score (nSPS) is 15.7. The van der Waals surface area contributed by atoms with Crippen LogP contribution in [-0.2, 0) is 4.79 Å². The molecule has 0 spiro atoms. The molecular formula is C19H18N2O4S. The van der Waals surface area contributed by atoms with E-state index in [9.17, 15) is 19.5 Å². The molecule has 134 valence electrons. The summed E-state index contributed by atoms with van der Waals surface area (Å²) < 4.78 is 0. The highest BCUT2D eigenvalue weighted by Gasteiger charge is 2.42. The van der Waals surface area contributed by atoms with E-state index in [1.807, 2.05) is 30.3 Å². The fraction of sp³-hybridized carbons (Fsp3) is 0.211. The van der Waals surface area contributed by atoms with Crippen LogP contribution < -0.4 is 5.73 Å². The highest BCUT2D eigenvalue weighted by Crippen LogP contribution is 2.31. The predicted molar refractivity (Wildman–Crippen MR) is 99.1 cm³/mol. The van der Waals surface area contributed by atoms with Crippen LogP contribution in [0.4, 0.5) is 0 Å². The number of carboxylic acids is 1. The van der Waals surface area contributed by atoms with Crippen LogP contribution in [0.2, 0.25) is 0 Å². The van der Waals surface area contributed by atoms with Crippen LogP contribution in [0.1, 0.15) is 31.5 Å². The highest BCUT2D eigenvalue weighted by molar-refractivity contribution is 7.99. The number of aliphatic carboxylic acids is 1. The Morgan fingerprint density at radius 1 is 1.00 bits per heavy atom. The van der Waals surface area contributed by atoms with Crippen LogP contribution in [-0.4, -0.2) is 46.1 Å². The Labute approximate surface area is 155 Å². The number of carbonyl (C=O) groups excluding carboxylic acids is 2. The SMILES string of the molecule is NCC(SCC(C(=O)O)N1C(=O)c2ccccc2C1=O)c1ccccc1. The number of nitrogens with zero attached hydrogens (tertiary/aromatic N) is 1. The topological polar surface area (TPSA) is 101 Å². The van der Waals surface area contributed by atoms with Gasteiger partial charge >= 0.3 is 5.97 Å². The standard InChI is InChI=1S/C19H18N2O4S/c20-10-16(12-6-2-1-3-7-12)26-11-15(19(24)25)21-17(22)13-8-4-5-9-14(13)18(21)23/h1-9,15-16H,10-11,20H2,(H,24,25). The maximum atomic E-state index is 12.5. The summed E-state index contributed by atoms with van der Waals surface area (Å²) in [7, 11) is 0. The first-order chi connectivity index (χ1) is 12.5. The minimum Gasteiger partial charge on any atom is -0.480 e. The molecule has 6 nitrogen and oxygen atoms in total. The van der Waals surface area contributed by atoms with Crippen LogP contribution in [0.25, 0.3) is 0 Å². The number of hydrogen-bond acceptors (Lipinski definition) is 5. The number of benzene rings is 2. The molecule has 1 heterocycles. The third kappa shape index (κ3) is 3.36. The maximum absolute atomic E-state index is 12.5. The van der Waals surface area contributed by atoms with Crippen molar-refractivity contribution >= 4 is 29.5 Å². The summed E-state index contributed by atoms with van der Waals surface area (Å²) in [6, 6.07) is 14.6. The van der Waals surface area contributed by atoms with Gasteiger partial charge in [0.15, 0.2) is 0 Å². The van der Waals surface area contributed by atoms with E-state index in [-0.39, 0.29) is 22.1 Å². The number of amides is 2. The molecule has 0 aromatic heterocycles. The molecule has 0 saturated heterocycles. The van der Waals surface area contributed by atoms with E-state index < -0.39 is 23.8 Å². The minimum atomic E-state index is -1.25. The Hall–Kier alpha value is -2.64. The Morgan fingerprint density at radius 2 is 1.54 bits per heavy atom. The summed E-state index contributed by atoms with van der Waals surface area (Å²) in [5.41, 5.74) is 7.29. The number of carboxylic acid groups (broad SMARTS) is 1. The van der Waals surface area contributed by atoms with E-state index >= 15 is 0 Å². The molecular weight excluding hydrogens is 352 g/mol. The van der Waals surface area contributed by atoms with Gasteiger partial charge in [0.1, 0.15) is 6.04 Å². The molecule has 3 N–H and O–H groups in total. The fourth-order valence-corrected chi connectivity index (χ4v) is 4.11. The van der Waals surface area contributed by atoms with Gasteiger partial charge in [-0.3, -0.25) is 14.5 Å². The van der Waals surface area contributed by atoms with E-state index in [0.717, 1.165) is 10.5 Å². The number of imide groups is 1. The highest BCUT2D eigenvalue weighted by atomic mass is 32.2. The van der Waals surface area contributed by atoms with Crippen LogP contribution in [0.5, 0.6) is 0 Å². The third-order valence-corrected chi connectivity index (χ3v) is 5.64. The summed E-state index contributed by atoms with van der Waals surface area (Å²) in [4.78, 5) is 37.7. The molecule has 2 unspecified atom stereocenters. The Morgan fingerprint density at radius 3 is 2.04 bits per heavy atom. The van der Waals surface area contributed by atoms with E-state index in [4.69, 9.17) is 5.73 Å². The number of fused-ring (bicyclic) bond motifs is 1. The van der Waals surface area contributed by atoms with Crippen molar-refractivity contribution in [3.63, 3.8) is 0 Å². The van der Waals surface area contributed by atoms with E-state index in [2.05, 4.69) is 0 Å². The lowest BCUT2D eigenvalue weighted by Gasteiger charge is -2.24. The summed E-state index contributed by atoms with van der Waals surface area (Å²) in [5.74, 6) is -2.28. The average Bonchev–Trinajstić information content (AvgIpc) is 2.91. The number of carbonyl (C=O) groups is 3. The molecule has 2 atom stereocenters. The smallest absolute Gasteiger partial charge is 0.327 e. The van der Waals surface area contributed by atoms with E-state index in [1.165, 1.54) is 23.9 Å². The number of hydrogen-bond donors (Lipinski definition) is 2. The molecule has 1 aliphatic rings. The first-order valence-electron chi connectivity index (χ1n) is 8.11. The molecule has 0 radical (unpaired) electrons. The molecule has 7 heteroatoms. The van der Waals surface area contributed by atoms with Gasteiger partial charge < -0.3 is 10.8 Å². The number of thioether (sulfide) groups is 1. The number of rotatable bonds is 7. The third-order valence-electron chi connectivity index (χ3n) is 4.26. The van der Waals surface area contributed by atoms with Crippen molar-refractivity contribution in [2.75, 3.05) is 12.3 Å². The second-order valence-electron chi connectivity index (χ2n) is 5.85. The quantitative estimate of drug-likeness (QED) is 0.725. The molecule has 0 bridgehead atoms. The van der Waals surface area contributed by atoms with Crippen molar-refractivity contribution in [2.24, 2.45) is 5.73 Å². The van der Waals surface area contributed by atoms with Gasteiger partial charge in [-0.05, 0) is 17.7 Å². The van der Waals surface area contributed by atoms with Crippen molar-refractivity contribution < 1.29 is 19.5 Å². The van der Waals surface area contributed by atoms with Gasteiger partial charge in [-0.2, -0.15) is 0 Å². The van der Waals surface area contributed by atoms with Gasteiger partial charge in [0.2, 0.25) is 0 Å². The van der Waals surface area contributed by atoms with Gasteiger partial charge in [-0.1, -0.05) is 42.5 Å². The van der Waals surface area contributed by atoms with Gasteiger partial charge in [0, 0.05) is 17.5 Å². The monoisotopic (exact) mass is 370 g/mol. The molecule has 2 aromatic carbocycles. The van der Waals surface area contributed by atoms with Crippen molar-refractivity contribution in [1.82, 2.24) is 4.90 Å². The molecule has 1 aliphatic heterocycles. The molecule has 2 amide bonds. The molecule has 2 aromatic rings. The van der Waals surface area contributed by atoms with Crippen LogP contribution in [0, 0.1) is 0 Å². The Kier molecular flexibility index (Phi) is 5.39. The average molecular weight is 370 g/mol. The zero-order chi connectivity index (χ0) is 18.7. The lowest BCUT2D eigenvalue weighted by molar-refractivity contribution is -0.140. The van der Waals surface area contributed by atoms with Crippen LogP contribution in [0.3, 0.4) is 0 Å². The lowest BCUT2D eigenvalue weighted by Crippen LogP contribution is -2.46. The fourth-order valence-electron chi connectivity index (χ4n) is 2.92. The molecule has 0 saturated carbocycles. The summed E-state index contributed by atoms with van der Waals surface area (Å²) >= 11 is 1.33. The second kappa shape index (κ2) is 7.72. The van der Waals surface area contributed by atoms with Crippen molar-refractivity contribution in [2.45, 2.75) is 11.3 Å². The summed E-state index contributed by atoms with van der Waals surface area (Å²) in [5, 5.41) is 9.50. The maximum Gasteiger partial charge on any atom is 0.327 e. The van der Waals surface area contributed by atoms with Crippen molar-refractivity contribution in [1.29, 1.82) is 0 Å². The van der Waals surface area contributed by atoms with Gasteiger partial charge in [0.25, 0.3) is 11.8 Å². The Balaban J connectivity index is 1.79. The van der Waals surface area contributed by atoms with E-state index in [0.29, 0.717) is 6.54 Å². The van der Waals surface area contributed by atoms with Crippen molar-refractivity contribution in [3.8, 4) is 0 Å². The Bertz CT molecular complexity index is 805. The first kappa shape index (κ1) is 18.2. The van der Waals surface area contributed by atoms with Gasteiger partial charge in [0.05, 0.1) is 11.1 Å². The molecule has 0 aliphatic carbocycles. The largest absolute Gasteiger partial charge is 0.480 e. The predicted octanol–water partition coefficient (Wildman–Crippen LogP) is 2.17. The van der Waals surface area contributed by atoms with Crippen molar-refractivity contribution in [3.05, 3.63) is 71.3 Å². The van der Waals surface area contributed by atoms with Gasteiger partial charge in [-0.25, -0.2) is 4.79 Å². The van der Waals surface area contributed by atoms with Crippen LogP contribution >= 0.6 is 11.8 Å². The first-order valence-corrected chi connectivity index (χ1v) is 9.15. The number of nitrogens with two attached hydrogens (primary N) is 1.